The van der Waals surface area contributed by atoms with Crippen LogP contribution in [0.5, 0.6) is 0 Å². The van der Waals surface area contributed by atoms with Crippen LogP contribution in [0.4, 0.5) is 10.5 Å². The van der Waals surface area contributed by atoms with Crippen LogP contribution < -0.4 is 5.32 Å². The Balaban J connectivity index is 2.37. The molecule has 2 amide bonds. The Kier molecular flexibility index (Phi) is 6.03. The van der Waals surface area contributed by atoms with Crippen molar-refractivity contribution in [3.63, 3.8) is 0 Å². The molecule has 0 aliphatic carbocycles. The Bertz CT molecular complexity index is 766. The van der Waals surface area contributed by atoms with Gasteiger partial charge in [0.2, 0.25) is 5.91 Å². The fraction of sp³-hybridized carbons (Fsp3) is 0.333. The van der Waals surface area contributed by atoms with Crippen LogP contribution in [0.25, 0.3) is 0 Å². The molecule has 1 atom stereocenters. The monoisotopic (exact) mass is 354 g/mol. The number of amides is 2. The zero-order valence-electron chi connectivity index (χ0n) is 15.7. The van der Waals surface area contributed by atoms with Crippen LogP contribution in [0.15, 0.2) is 54.6 Å². The minimum Gasteiger partial charge on any atom is -0.465 e. The summed E-state index contributed by atoms with van der Waals surface area (Å²) in [6.07, 6.45) is -0.805. The summed E-state index contributed by atoms with van der Waals surface area (Å²) in [5.74, 6) is -0.333. The average molecular weight is 354 g/mol. The van der Waals surface area contributed by atoms with E-state index < -0.39 is 17.7 Å². The van der Waals surface area contributed by atoms with E-state index in [4.69, 9.17) is 0 Å². The Labute approximate surface area is 154 Å². The summed E-state index contributed by atoms with van der Waals surface area (Å²) in [7, 11) is 0. The van der Waals surface area contributed by atoms with Gasteiger partial charge in [0.1, 0.15) is 6.04 Å². The number of carbonyl (C=O) groups is 2. The summed E-state index contributed by atoms with van der Waals surface area (Å²) >= 11 is 0. The first-order valence-corrected chi connectivity index (χ1v) is 8.63. The molecule has 26 heavy (non-hydrogen) atoms. The third-order valence-electron chi connectivity index (χ3n) is 4.22. The second kappa shape index (κ2) is 8.04. The molecule has 0 radical (unpaired) electrons. The molecule has 0 heterocycles. The zero-order valence-corrected chi connectivity index (χ0v) is 15.7. The summed E-state index contributed by atoms with van der Waals surface area (Å²) in [5, 5.41) is 12.7. The summed E-state index contributed by atoms with van der Waals surface area (Å²) in [6, 6.07) is 16.1. The number of rotatable bonds is 5. The summed E-state index contributed by atoms with van der Waals surface area (Å²) in [4.78, 5) is 26.2. The second-order valence-electron chi connectivity index (χ2n) is 7.33. The van der Waals surface area contributed by atoms with E-state index in [1.165, 1.54) is 4.90 Å². The third-order valence-corrected chi connectivity index (χ3v) is 4.22. The maximum Gasteiger partial charge on any atom is 0.408 e. The number of aryl methyl sites for hydroxylation is 1. The fourth-order valence-corrected chi connectivity index (χ4v) is 2.96. The van der Waals surface area contributed by atoms with E-state index in [2.05, 4.69) is 5.32 Å². The highest BCUT2D eigenvalue weighted by Gasteiger charge is 2.37. The van der Waals surface area contributed by atoms with Gasteiger partial charge in [-0.3, -0.25) is 9.69 Å². The molecule has 1 unspecified atom stereocenters. The van der Waals surface area contributed by atoms with Gasteiger partial charge in [-0.2, -0.15) is 0 Å². The van der Waals surface area contributed by atoms with Gasteiger partial charge in [-0.25, -0.2) is 4.79 Å². The first-order valence-electron chi connectivity index (χ1n) is 8.63. The van der Waals surface area contributed by atoms with Crippen molar-refractivity contribution in [1.82, 2.24) is 4.90 Å². The molecule has 0 aliphatic heterocycles. The highest BCUT2D eigenvalue weighted by atomic mass is 16.4. The van der Waals surface area contributed by atoms with Gasteiger partial charge in [0.05, 0.1) is 0 Å². The summed E-state index contributed by atoms with van der Waals surface area (Å²) in [5.41, 5.74) is 1.81. The standard InChI is InChI=1S/C21H26N2O3/c1-15-10-8-9-13-17(15)22-19(24)18(14-16-11-6-5-7-12-16)23(20(25)26)21(2,3)4/h5-13,18H,14H2,1-4H3,(H,22,24)(H,25,26). The maximum absolute atomic E-state index is 13.0. The highest BCUT2D eigenvalue weighted by molar-refractivity contribution is 5.97. The topological polar surface area (TPSA) is 69.6 Å². The van der Waals surface area contributed by atoms with Crippen LogP contribution >= 0.6 is 0 Å². The predicted molar refractivity (Wildman–Crippen MR) is 103 cm³/mol. The highest BCUT2D eigenvalue weighted by Crippen LogP contribution is 2.22. The predicted octanol–water partition coefficient (Wildman–Crippen LogP) is 4.32. The number of carbonyl (C=O) groups excluding carboxylic acids is 1. The molecule has 5 nitrogen and oxygen atoms in total. The third kappa shape index (κ3) is 4.85. The molecule has 2 aromatic carbocycles. The summed E-state index contributed by atoms with van der Waals surface area (Å²) < 4.78 is 0. The van der Waals surface area contributed by atoms with E-state index in [9.17, 15) is 14.7 Å². The second-order valence-corrected chi connectivity index (χ2v) is 7.33. The number of hydrogen-bond donors (Lipinski definition) is 2. The Hall–Kier alpha value is -2.82. The Morgan fingerprint density at radius 1 is 1.04 bits per heavy atom. The largest absolute Gasteiger partial charge is 0.465 e. The Morgan fingerprint density at radius 3 is 2.15 bits per heavy atom. The van der Waals surface area contributed by atoms with Gasteiger partial charge < -0.3 is 10.4 Å². The van der Waals surface area contributed by atoms with Crippen molar-refractivity contribution in [2.24, 2.45) is 0 Å². The normalized spacial score (nSPS) is 12.3. The molecule has 0 aromatic heterocycles. The average Bonchev–Trinajstić information content (AvgIpc) is 2.55. The lowest BCUT2D eigenvalue weighted by atomic mass is 9.97. The minimum absolute atomic E-state index is 0.308. The van der Waals surface area contributed by atoms with E-state index >= 15 is 0 Å². The molecular weight excluding hydrogens is 328 g/mol. The van der Waals surface area contributed by atoms with Gasteiger partial charge >= 0.3 is 6.09 Å². The lowest BCUT2D eigenvalue weighted by Crippen LogP contribution is -2.56. The SMILES string of the molecule is Cc1ccccc1NC(=O)C(Cc1ccccc1)N(C(=O)O)C(C)(C)C. The van der Waals surface area contributed by atoms with Gasteiger partial charge in [-0.05, 0) is 44.9 Å². The quantitative estimate of drug-likeness (QED) is 0.840. The number of hydrogen-bond acceptors (Lipinski definition) is 2. The van der Waals surface area contributed by atoms with E-state index in [-0.39, 0.29) is 5.91 Å². The molecule has 2 N–H and O–H groups in total. The van der Waals surface area contributed by atoms with Crippen LogP contribution in [-0.4, -0.2) is 33.6 Å². The van der Waals surface area contributed by atoms with Gasteiger partial charge in [-0.15, -0.1) is 0 Å². The molecule has 2 aromatic rings. The summed E-state index contributed by atoms with van der Waals surface area (Å²) in [6.45, 7) is 7.28. The van der Waals surface area contributed by atoms with Crippen molar-refractivity contribution >= 4 is 17.7 Å². The Morgan fingerprint density at radius 2 is 1.62 bits per heavy atom. The first kappa shape index (κ1) is 19.5. The molecule has 0 saturated heterocycles. The molecule has 0 spiro atoms. The van der Waals surface area contributed by atoms with Crippen LogP contribution in [0.3, 0.4) is 0 Å². The van der Waals surface area contributed by atoms with Crippen molar-refractivity contribution < 1.29 is 14.7 Å². The number of para-hydroxylation sites is 1. The molecule has 0 saturated carbocycles. The van der Waals surface area contributed by atoms with E-state index in [0.717, 1.165) is 11.1 Å². The van der Waals surface area contributed by atoms with E-state index in [0.29, 0.717) is 12.1 Å². The molecule has 2 rings (SSSR count). The number of benzene rings is 2. The number of anilines is 1. The smallest absolute Gasteiger partial charge is 0.408 e. The van der Waals surface area contributed by atoms with Crippen molar-refractivity contribution in [2.75, 3.05) is 5.32 Å². The lowest BCUT2D eigenvalue weighted by Gasteiger charge is -2.39. The van der Waals surface area contributed by atoms with Crippen LogP contribution in [0.2, 0.25) is 0 Å². The number of carboxylic acid groups (broad SMARTS) is 1. The van der Waals surface area contributed by atoms with Crippen LogP contribution in [-0.2, 0) is 11.2 Å². The lowest BCUT2D eigenvalue weighted by molar-refractivity contribution is -0.122. The van der Waals surface area contributed by atoms with Gasteiger partial charge in [0, 0.05) is 17.6 Å². The van der Waals surface area contributed by atoms with E-state index in [1.807, 2.05) is 61.5 Å². The van der Waals surface area contributed by atoms with Gasteiger partial charge in [-0.1, -0.05) is 48.5 Å². The fourth-order valence-electron chi connectivity index (χ4n) is 2.96. The number of nitrogens with zero attached hydrogens (tertiary/aromatic N) is 1. The van der Waals surface area contributed by atoms with Crippen molar-refractivity contribution in [2.45, 2.75) is 45.7 Å². The first-order chi connectivity index (χ1) is 12.2. The van der Waals surface area contributed by atoms with Crippen LogP contribution in [0.1, 0.15) is 31.9 Å². The zero-order chi connectivity index (χ0) is 19.3. The van der Waals surface area contributed by atoms with E-state index in [1.54, 1.807) is 20.8 Å². The van der Waals surface area contributed by atoms with Crippen molar-refractivity contribution in [1.29, 1.82) is 0 Å². The van der Waals surface area contributed by atoms with Gasteiger partial charge in [0.25, 0.3) is 0 Å². The maximum atomic E-state index is 13.0. The molecule has 138 valence electrons. The van der Waals surface area contributed by atoms with Gasteiger partial charge in [0.15, 0.2) is 0 Å². The molecular formula is C21H26N2O3. The molecule has 0 bridgehead atoms. The number of nitrogens with one attached hydrogen (secondary N) is 1. The van der Waals surface area contributed by atoms with Crippen LogP contribution in [0, 0.1) is 6.92 Å². The minimum atomic E-state index is -1.11. The van der Waals surface area contributed by atoms with Crippen molar-refractivity contribution in [3.8, 4) is 0 Å². The molecule has 5 heteroatoms. The van der Waals surface area contributed by atoms with Crippen molar-refractivity contribution in [3.05, 3.63) is 65.7 Å². The molecule has 0 aliphatic rings. The molecule has 0 fully saturated rings.